The molecule has 5 nitrogen and oxygen atoms in total. The van der Waals surface area contributed by atoms with Gasteiger partial charge in [0.05, 0.1) is 18.4 Å². The van der Waals surface area contributed by atoms with Gasteiger partial charge in [-0.25, -0.2) is 0 Å². The quantitative estimate of drug-likeness (QED) is 0.868. The van der Waals surface area contributed by atoms with Crippen LogP contribution in [0.25, 0.3) is 0 Å². The van der Waals surface area contributed by atoms with Crippen molar-refractivity contribution in [2.24, 2.45) is 0 Å². The molecule has 1 amide bonds. The molecule has 1 aliphatic heterocycles. The van der Waals surface area contributed by atoms with E-state index < -0.39 is 0 Å². The number of furan rings is 1. The molecular formula is C19H24N2O3. The molecule has 0 aliphatic carbocycles. The molecule has 1 aromatic heterocycles. The van der Waals surface area contributed by atoms with Gasteiger partial charge in [0.2, 0.25) is 0 Å². The maximum absolute atomic E-state index is 12.8. The highest BCUT2D eigenvalue weighted by molar-refractivity contribution is 5.97. The summed E-state index contributed by atoms with van der Waals surface area (Å²) >= 11 is 0. The van der Waals surface area contributed by atoms with Gasteiger partial charge >= 0.3 is 0 Å². The second-order valence-electron chi connectivity index (χ2n) is 6.17. The third-order valence-electron chi connectivity index (χ3n) is 4.77. The van der Waals surface area contributed by atoms with E-state index in [-0.39, 0.29) is 5.91 Å². The zero-order valence-corrected chi connectivity index (χ0v) is 14.8. The minimum Gasteiger partial charge on any atom is -0.495 e. The largest absolute Gasteiger partial charge is 0.495 e. The fourth-order valence-electron chi connectivity index (χ4n) is 3.31. The Morgan fingerprint density at radius 3 is 2.29 bits per heavy atom. The number of anilines is 1. The summed E-state index contributed by atoms with van der Waals surface area (Å²) in [6.07, 6.45) is 0. The minimum absolute atomic E-state index is 0.0709. The van der Waals surface area contributed by atoms with E-state index in [2.05, 4.69) is 11.0 Å². The first-order valence-electron chi connectivity index (χ1n) is 8.26. The van der Waals surface area contributed by atoms with Crippen LogP contribution >= 0.6 is 0 Å². The summed E-state index contributed by atoms with van der Waals surface area (Å²) in [6.45, 7) is 8.68. The summed E-state index contributed by atoms with van der Waals surface area (Å²) in [5.41, 5.74) is 2.75. The lowest BCUT2D eigenvalue weighted by Crippen LogP contribution is -2.49. The zero-order valence-electron chi connectivity index (χ0n) is 14.8. The molecule has 0 spiro atoms. The number of piperazine rings is 1. The molecule has 0 radical (unpaired) electrons. The van der Waals surface area contributed by atoms with Gasteiger partial charge in [-0.05, 0) is 32.9 Å². The highest BCUT2D eigenvalue weighted by Crippen LogP contribution is 2.29. The Morgan fingerprint density at radius 1 is 1.04 bits per heavy atom. The molecule has 2 aromatic rings. The van der Waals surface area contributed by atoms with Crippen LogP contribution in [0.1, 0.15) is 27.4 Å². The molecule has 3 rings (SSSR count). The summed E-state index contributed by atoms with van der Waals surface area (Å²) in [5, 5.41) is 0. The second-order valence-corrected chi connectivity index (χ2v) is 6.17. The van der Waals surface area contributed by atoms with Crippen molar-refractivity contribution in [1.82, 2.24) is 4.90 Å². The molecule has 0 saturated carbocycles. The fourth-order valence-corrected chi connectivity index (χ4v) is 3.31. The number of methoxy groups -OCH3 is 1. The summed E-state index contributed by atoms with van der Waals surface area (Å²) < 4.78 is 11.0. The number of carbonyl (C=O) groups is 1. The summed E-state index contributed by atoms with van der Waals surface area (Å²) in [5.74, 6) is 2.47. The Labute approximate surface area is 142 Å². The smallest absolute Gasteiger partial charge is 0.257 e. The molecule has 128 valence electrons. The van der Waals surface area contributed by atoms with Crippen LogP contribution in [0.5, 0.6) is 5.75 Å². The zero-order chi connectivity index (χ0) is 17.3. The highest BCUT2D eigenvalue weighted by Gasteiger charge is 2.27. The summed E-state index contributed by atoms with van der Waals surface area (Å²) in [4.78, 5) is 17.0. The van der Waals surface area contributed by atoms with Gasteiger partial charge in [-0.15, -0.1) is 0 Å². The Balaban J connectivity index is 1.72. The monoisotopic (exact) mass is 328 g/mol. The van der Waals surface area contributed by atoms with Gasteiger partial charge in [-0.2, -0.15) is 0 Å². The molecule has 0 bridgehead atoms. The number of para-hydroxylation sites is 2. The van der Waals surface area contributed by atoms with Crippen LogP contribution in [0.4, 0.5) is 5.69 Å². The molecular weight excluding hydrogens is 304 g/mol. The van der Waals surface area contributed by atoms with Crippen molar-refractivity contribution >= 4 is 11.6 Å². The molecule has 5 heteroatoms. The second kappa shape index (κ2) is 6.59. The number of aryl methyl sites for hydroxylation is 2. The Bertz CT molecular complexity index is 743. The van der Waals surface area contributed by atoms with Crippen molar-refractivity contribution in [1.29, 1.82) is 0 Å². The van der Waals surface area contributed by atoms with Crippen molar-refractivity contribution in [2.75, 3.05) is 38.2 Å². The van der Waals surface area contributed by atoms with E-state index in [0.717, 1.165) is 41.4 Å². The minimum atomic E-state index is 0.0709. The number of rotatable bonds is 3. The van der Waals surface area contributed by atoms with E-state index in [4.69, 9.17) is 9.15 Å². The van der Waals surface area contributed by atoms with Gasteiger partial charge in [0.25, 0.3) is 5.91 Å². The molecule has 24 heavy (non-hydrogen) atoms. The molecule has 1 aliphatic rings. The van der Waals surface area contributed by atoms with E-state index in [0.29, 0.717) is 18.8 Å². The maximum atomic E-state index is 12.8. The van der Waals surface area contributed by atoms with Crippen LogP contribution in [-0.4, -0.2) is 44.1 Å². The van der Waals surface area contributed by atoms with E-state index in [1.54, 1.807) is 7.11 Å². The van der Waals surface area contributed by atoms with Gasteiger partial charge < -0.3 is 19.0 Å². The van der Waals surface area contributed by atoms with Crippen LogP contribution in [0.2, 0.25) is 0 Å². The lowest BCUT2D eigenvalue weighted by molar-refractivity contribution is 0.0744. The third-order valence-corrected chi connectivity index (χ3v) is 4.77. The Hall–Kier alpha value is -2.43. The number of ether oxygens (including phenoxy) is 1. The lowest BCUT2D eigenvalue weighted by Gasteiger charge is -2.36. The number of nitrogens with zero attached hydrogens (tertiary/aromatic N) is 2. The maximum Gasteiger partial charge on any atom is 0.257 e. The predicted octanol–water partition coefficient (Wildman–Crippen LogP) is 3.18. The first-order chi connectivity index (χ1) is 11.5. The van der Waals surface area contributed by atoms with Gasteiger partial charge in [0.1, 0.15) is 17.3 Å². The standard InChI is InChI=1S/C19H24N2O3/c1-13-14(2)24-15(3)18(13)19(22)21-11-9-20(10-12-21)16-7-5-6-8-17(16)23-4/h5-8H,9-12H2,1-4H3. The van der Waals surface area contributed by atoms with E-state index >= 15 is 0 Å². The van der Waals surface area contributed by atoms with Gasteiger partial charge in [0, 0.05) is 31.7 Å². The van der Waals surface area contributed by atoms with E-state index in [1.807, 2.05) is 43.9 Å². The third kappa shape index (κ3) is 2.86. The predicted molar refractivity (Wildman–Crippen MR) is 94.0 cm³/mol. The molecule has 2 heterocycles. The molecule has 1 saturated heterocycles. The van der Waals surface area contributed by atoms with Crippen LogP contribution in [0.3, 0.4) is 0 Å². The first-order valence-corrected chi connectivity index (χ1v) is 8.26. The number of carbonyl (C=O) groups excluding carboxylic acids is 1. The van der Waals surface area contributed by atoms with Crippen molar-refractivity contribution in [3.63, 3.8) is 0 Å². The molecule has 0 atom stereocenters. The number of benzene rings is 1. The van der Waals surface area contributed by atoms with Crippen LogP contribution in [0.15, 0.2) is 28.7 Å². The van der Waals surface area contributed by atoms with Gasteiger partial charge in [-0.1, -0.05) is 12.1 Å². The van der Waals surface area contributed by atoms with Gasteiger partial charge in [-0.3, -0.25) is 4.79 Å². The molecule has 0 N–H and O–H groups in total. The van der Waals surface area contributed by atoms with E-state index in [9.17, 15) is 4.79 Å². The summed E-state index contributed by atoms with van der Waals surface area (Å²) in [6, 6.07) is 8.00. The van der Waals surface area contributed by atoms with Crippen LogP contribution in [-0.2, 0) is 0 Å². The Morgan fingerprint density at radius 2 is 1.71 bits per heavy atom. The molecule has 1 fully saturated rings. The number of hydrogen-bond acceptors (Lipinski definition) is 4. The topological polar surface area (TPSA) is 45.9 Å². The van der Waals surface area contributed by atoms with Crippen molar-refractivity contribution in [3.8, 4) is 5.75 Å². The lowest BCUT2D eigenvalue weighted by atomic mass is 10.1. The van der Waals surface area contributed by atoms with Crippen molar-refractivity contribution in [2.45, 2.75) is 20.8 Å². The average Bonchev–Trinajstić information content (AvgIpc) is 2.86. The average molecular weight is 328 g/mol. The Kier molecular flexibility index (Phi) is 4.51. The first kappa shape index (κ1) is 16.4. The number of hydrogen-bond donors (Lipinski definition) is 0. The SMILES string of the molecule is COc1ccccc1N1CCN(C(=O)c2c(C)oc(C)c2C)CC1. The van der Waals surface area contributed by atoms with Gasteiger partial charge in [0.15, 0.2) is 0 Å². The molecule has 0 unspecified atom stereocenters. The van der Waals surface area contributed by atoms with Crippen molar-refractivity contribution < 1.29 is 13.9 Å². The highest BCUT2D eigenvalue weighted by atomic mass is 16.5. The number of amides is 1. The molecule has 1 aromatic carbocycles. The van der Waals surface area contributed by atoms with E-state index in [1.165, 1.54) is 0 Å². The summed E-state index contributed by atoms with van der Waals surface area (Å²) in [7, 11) is 1.69. The fraction of sp³-hybridized carbons (Fsp3) is 0.421. The normalized spacial score (nSPS) is 14.8. The van der Waals surface area contributed by atoms with Crippen molar-refractivity contribution in [3.05, 3.63) is 46.9 Å². The van der Waals surface area contributed by atoms with Crippen LogP contribution < -0.4 is 9.64 Å². The van der Waals surface area contributed by atoms with Crippen LogP contribution in [0, 0.1) is 20.8 Å².